The van der Waals surface area contributed by atoms with Gasteiger partial charge in [-0.25, -0.2) is 14.0 Å². The van der Waals surface area contributed by atoms with Gasteiger partial charge in [-0.2, -0.15) is 0 Å². The summed E-state index contributed by atoms with van der Waals surface area (Å²) in [5.74, 6) is -0.397. The Morgan fingerprint density at radius 1 is 1.39 bits per heavy atom. The lowest BCUT2D eigenvalue weighted by Crippen LogP contribution is -2.36. The Bertz CT molecular complexity index is 757. The Balaban J connectivity index is 1.55. The average Bonchev–Trinajstić information content (AvgIpc) is 3.02. The topological polar surface area (TPSA) is 80.3 Å². The molecule has 1 aromatic carbocycles. The van der Waals surface area contributed by atoms with E-state index in [1.807, 2.05) is 4.90 Å². The number of morpholine rings is 1. The van der Waals surface area contributed by atoms with Crippen molar-refractivity contribution in [3.63, 3.8) is 0 Å². The molecule has 0 aromatic heterocycles. The predicted octanol–water partition coefficient (Wildman–Crippen LogP) is 2.45. The van der Waals surface area contributed by atoms with Crippen molar-refractivity contribution in [2.24, 2.45) is 0 Å². The fraction of sp³-hybridized carbons (Fsp3) is 0.500. The molecule has 28 heavy (non-hydrogen) atoms. The number of benzene rings is 1. The fourth-order valence-corrected chi connectivity index (χ4v) is 3.15. The van der Waals surface area contributed by atoms with Gasteiger partial charge < -0.3 is 19.1 Å². The highest BCUT2D eigenvalue weighted by Gasteiger charge is 2.33. The smallest absolute Gasteiger partial charge is 0.414 e. The molecule has 152 valence electrons. The maximum Gasteiger partial charge on any atom is 0.414 e. The number of amides is 2. The Morgan fingerprint density at radius 2 is 2.14 bits per heavy atom. The Labute approximate surface area is 167 Å². The standard InChI is InChI=1S/C18H22FN3O5S/c1-12(28)20-17(23)26-7-4-14-11-22(18(24)27-14)13-2-3-16(15(19)10-13)21-5-8-25-9-6-21/h2-3,10,14H,4-9,11H2,1H3,(H,20,23,28)/t14-/m0/s1. The zero-order valence-corrected chi connectivity index (χ0v) is 16.3. The summed E-state index contributed by atoms with van der Waals surface area (Å²) in [6.07, 6.45) is -1.31. The molecular weight excluding hydrogens is 389 g/mol. The van der Waals surface area contributed by atoms with E-state index in [4.69, 9.17) is 26.4 Å². The van der Waals surface area contributed by atoms with E-state index >= 15 is 0 Å². The molecule has 1 aromatic rings. The first-order chi connectivity index (χ1) is 13.4. The van der Waals surface area contributed by atoms with Crippen LogP contribution in [0, 0.1) is 5.82 Å². The second-order valence-corrected chi connectivity index (χ2v) is 7.07. The number of halogens is 1. The van der Waals surface area contributed by atoms with E-state index < -0.39 is 24.1 Å². The van der Waals surface area contributed by atoms with Crippen LogP contribution in [0.5, 0.6) is 0 Å². The minimum atomic E-state index is -0.644. The molecule has 2 fully saturated rings. The SMILES string of the molecule is CC(=S)NC(=O)OCC[C@H]1CN(c2ccc(N3CCOCC3)c(F)c2)C(=O)O1. The highest BCUT2D eigenvalue weighted by molar-refractivity contribution is 7.80. The Kier molecular flexibility index (Phi) is 6.63. The summed E-state index contributed by atoms with van der Waals surface area (Å²) in [6, 6.07) is 4.70. The van der Waals surface area contributed by atoms with E-state index in [1.165, 1.54) is 11.0 Å². The van der Waals surface area contributed by atoms with E-state index in [1.54, 1.807) is 19.1 Å². The number of hydrogen-bond donors (Lipinski definition) is 1. The van der Waals surface area contributed by atoms with Gasteiger partial charge in [0.25, 0.3) is 0 Å². The van der Waals surface area contributed by atoms with Gasteiger partial charge in [-0.3, -0.25) is 10.2 Å². The first-order valence-electron chi connectivity index (χ1n) is 8.99. The molecule has 0 radical (unpaired) electrons. The number of nitrogens with zero attached hydrogens (tertiary/aromatic N) is 2. The number of carbonyl (C=O) groups is 2. The lowest BCUT2D eigenvalue weighted by Gasteiger charge is -2.29. The van der Waals surface area contributed by atoms with Gasteiger partial charge in [0.15, 0.2) is 0 Å². The summed E-state index contributed by atoms with van der Waals surface area (Å²) in [5.41, 5.74) is 0.918. The van der Waals surface area contributed by atoms with Crippen LogP contribution in [0.2, 0.25) is 0 Å². The van der Waals surface area contributed by atoms with Crippen molar-refractivity contribution in [1.82, 2.24) is 5.32 Å². The highest BCUT2D eigenvalue weighted by atomic mass is 32.1. The van der Waals surface area contributed by atoms with Gasteiger partial charge in [-0.15, -0.1) is 0 Å². The minimum absolute atomic E-state index is 0.0740. The maximum absolute atomic E-state index is 14.6. The third kappa shape index (κ3) is 5.08. The summed E-state index contributed by atoms with van der Waals surface area (Å²) in [5, 5.41) is 2.35. The van der Waals surface area contributed by atoms with Crippen molar-refractivity contribution in [2.45, 2.75) is 19.4 Å². The van der Waals surface area contributed by atoms with Crippen LogP contribution >= 0.6 is 12.2 Å². The predicted molar refractivity (Wildman–Crippen MR) is 104 cm³/mol. The summed E-state index contributed by atoms with van der Waals surface area (Å²) >= 11 is 4.75. The van der Waals surface area contributed by atoms with Crippen molar-refractivity contribution >= 4 is 40.8 Å². The first-order valence-corrected chi connectivity index (χ1v) is 9.39. The van der Waals surface area contributed by atoms with Crippen molar-refractivity contribution in [3.8, 4) is 0 Å². The molecule has 2 heterocycles. The van der Waals surface area contributed by atoms with Crippen LogP contribution in [0.15, 0.2) is 18.2 Å². The second-order valence-electron chi connectivity index (χ2n) is 6.46. The summed E-state index contributed by atoms with van der Waals surface area (Å²) in [4.78, 5) is 27.1. The van der Waals surface area contributed by atoms with Gasteiger partial charge in [-0.1, -0.05) is 12.2 Å². The van der Waals surface area contributed by atoms with E-state index in [9.17, 15) is 14.0 Å². The molecule has 8 nitrogen and oxygen atoms in total. The zero-order chi connectivity index (χ0) is 20.1. The molecule has 0 bridgehead atoms. The molecule has 1 N–H and O–H groups in total. The number of carbonyl (C=O) groups excluding carboxylic acids is 2. The monoisotopic (exact) mass is 411 g/mol. The average molecular weight is 411 g/mol. The largest absolute Gasteiger partial charge is 0.449 e. The van der Waals surface area contributed by atoms with Crippen LogP contribution in [0.25, 0.3) is 0 Å². The quantitative estimate of drug-likeness (QED) is 0.746. The van der Waals surface area contributed by atoms with Gasteiger partial charge in [-0.05, 0) is 25.1 Å². The third-order valence-electron chi connectivity index (χ3n) is 4.42. The zero-order valence-electron chi connectivity index (χ0n) is 15.5. The van der Waals surface area contributed by atoms with E-state index in [0.29, 0.717) is 49.1 Å². The van der Waals surface area contributed by atoms with Crippen LogP contribution in [-0.2, 0) is 14.2 Å². The van der Waals surface area contributed by atoms with Crippen LogP contribution in [0.4, 0.5) is 25.4 Å². The number of cyclic esters (lactones) is 1. The second kappa shape index (κ2) is 9.16. The van der Waals surface area contributed by atoms with Crippen LogP contribution < -0.4 is 15.1 Å². The number of nitrogens with one attached hydrogen (secondary N) is 1. The van der Waals surface area contributed by atoms with E-state index in [-0.39, 0.29) is 13.2 Å². The Morgan fingerprint density at radius 3 is 2.82 bits per heavy atom. The summed E-state index contributed by atoms with van der Waals surface area (Å²) in [7, 11) is 0. The Hall–Kier alpha value is -2.46. The number of rotatable bonds is 5. The van der Waals surface area contributed by atoms with Gasteiger partial charge in [0.2, 0.25) is 0 Å². The van der Waals surface area contributed by atoms with Crippen molar-refractivity contribution < 1.29 is 28.2 Å². The van der Waals surface area contributed by atoms with Gasteiger partial charge in [0.05, 0.1) is 42.7 Å². The summed E-state index contributed by atoms with van der Waals surface area (Å²) < 4.78 is 30.1. The van der Waals surface area contributed by atoms with Crippen LogP contribution in [-0.4, -0.2) is 62.7 Å². The molecule has 2 amide bonds. The van der Waals surface area contributed by atoms with Crippen molar-refractivity contribution in [1.29, 1.82) is 0 Å². The van der Waals surface area contributed by atoms with Gasteiger partial charge in [0, 0.05) is 19.5 Å². The van der Waals surface area contributed by atoms with E-state index in [0.717, 1.165) is 0 Å². The lowest BCUT2D eigenvalue weighted by molar-refractivity contribution is 0.107. The number of thiocarbonyl (C=S) groups is 1. The molecule has 0 unspecified atom stereocenters. The molecule has 3 rings (SSSR count). The molecule has 0 aliphatic carbocycles. The molecule has 1 atom stereocenters. The normalized spacial score (nSPS) is 19.4. The molecular formula is C18H22FN3O5S. The molecule has 10 heteroatoms. The molecule has 2 saturated heterocycles. The van der Waals surface area contributed by atoms with Crippen molar-refractivity contribution in [3.05, 3.63) is 24.0 Å². The number of ether oxygens (including phenoxy) is 3. The molecule has 0 spiro atoms. The molecule has 2 aliphatic heterocycles. The maximum atomic E-state index is 14.6. The van der Waals surface area contributed by atoms with Crippen molar-refractivity contribution in [2.75, 3.05) is 49.3 Å². The number of anilines is 2. The van der Waals surface area contributed by atoms with Crippen LogP contribution in [0.1, 0.15) is 13.3 Å². The third-order valence-corrected chi connectivity index (χ3v) is 4.52. The molecule has 2 aliphatic rings. The lowest BCUT2D eigenvalue weighted by atomic mass is 10.2. The summed E-state index contributed by atoms with van der Waals surface area (Å²) in [6.45, 7) is 4.27. The first kappa shape index (κ1) is 20.3. The number of alkyl carbamates (subject to hydrolysis) is 1. The number of hydrogen-bond acceptors (Lipinski definition) is 7. The fourth-order valence-electron chi connectivity index (χ4n) is 3.07. The highest BCUT2D eigenvalue weighted by Crippen LogP contribution is 2.28. The van der Waals surface area contributed by atoms with E-state index in [2.05, 4.69) is 5.32 Å². The van der Waals surface area contributed by atoms with Gasteiger partial charge >= 0.3 is 12.2 Å². The molecule has 0 saturated carbocycles. The van der Waals surface area contributed by atoms with Gasteiger partial charge in [0.1, 0.15) is 11.9 Å². The van der Waals surface area contributed by atoms with Crippen LogP contribution in [0.3, 0.4) is 0 Å². The minimum Gasteiger partial charge on any atom is -0.449 e.